The lowest BCUT2D eigenvalue weighted by molar-refractivity contribution is -0.129. The van der Waals surface area contributed by atoms with Crippen molar-refractivity contribution in [3.63, 3.8) is 0 Å². The molecule has 0 aromatic heterocycles. The molecule has 1 aromatic rings. The summed E-state index contributed by atoms with van der Waals surface area (Å²) < 4.78 is 0. The van der Waals surface area contributed by atoms with Crippen molar-refractivity contribution in [3.05, 3.63) is 52.9 Å². The van der Waals surface area contributed by atoms with E-state index in [9.17, 15) is 4.79 Å². The van der Waals surface area contributed by atoms with Crippen molar-refractivity contribution in [1.82, 2.24) is 5.32 Å². The average molecular weight is 352 g/mol. The van der Waals surface area contributed by atoms with Gasteiger partial charge < -0.3 is 10.4 Å². The number of allylic oxidation sites excluding steroid dienone is 1. The Hall–Kier alpha value is -2.36. The predicted molar refractivity (Wildman–Crippen MR) is 107 cm³/mol. The van der Waals surface area contributed by atoms with Gasteiger partial charge in [-0.1, -0.05) is 40.3 Å². The lowest BCUT2D eigenvalue weighted by Gasteiger charge is -2.42. The molecule has 4 heteroatoms. The number of aliphatic carboxylic acids is 1. The second-order valence-electron chi connectivity index (χ2n) is 8.74. The zero-order valence-corrected chi connectivity index (χ0v) is 16.4. The van der Waals surface area contributed by atoms with E-state index in [-0.39, 0.29) is 23.1 Å². The molecule has 0 saturated heterocycles. The Morgan fingerprint density at radius 2 is 1.73 bits per heavy atom. The fraction of sp³-hybridized carbons (Fsp3) is 0.455. The van der Waals surface area contributed by atoms with Gasteiger partial charge in [-0.25, -0.2) is 9.79 Å². The lowest BCUT2D eigenvalue weighted by atomic mass is 9.62. The van der Waals surface area contributed by atoms with Crippen LogP contribution in [0.4, 0.5) is 0 Å². The van der Waals surface area contributed by atoms with Crippen LogP contribution in [0.25, 0.3) is 5.57 Å². The summed E-state index contributed by atoms with van der Waals surface area (Å²) >= 11 is 0. The summed E-state index contributed by atoms with van der Waals surface area (Å²) in [6.45, 7) is 15.9. The van der Waals surface area contributed by atoms with E-state index in [1.807, 2.05) is 0 Å². The summed E-state index contributed by atoms with van der Waals surface area (Å²) in [5.74, 6) is -0.993. The Morgan fingerprint density at radius 1 is 1.15 bits per heavy atom. The van der Waals surface area contributed by atoms with E-state index >= 15 is 0 Å². The normalized spacial score (nSPS) is 20.3. The second kappa shape index (κ2) is 6.11. The van der Waals surface area contributed by atoms with Crippen molar-refractivity contribution in [2.75, 3.05) is 6.54 Å². The van der Waals surface area contributed by atoms with Crippen molar-refractivity contribution >= 4 is 17.3 Å². The molecule has 0 amide bonds. The third-order valence-electron chi connectivity index (χ3n) is 5.89. The van der Waals surface area contributed by atoms with Crippen molar-refractivity contribution in [2.24, 2.45) is 4.99 Å². The quantitative estimate of drug-likeness (QED) is 0.851. The number of aliphatic imine (C=N–C) groups is 1. The molecule has 0 atom stereocenters. The summed E-state index contributed by atoms with van der Waals surface area (Å²) in [4.78, 5) is 15.1. The van der Waals surface area contributed by atoms with Gasteiger partial charge in [0, 0.05) is 0 Å². The first-order valence-electron chi connectivity index (χ1n) is 9.12. The number of rotatable bonds is 3. The Kier molecular flexibility index (Phi) is 4.33. The summed E-state index contributed by atoms with van der Waals surface area (Å²) in [5, 5.41) is 12.2. The van der Waals surface area contributed by atoms with Crippen molar-refractivity contribution in [2.45, 2.75) is 58.3 Å². The molecule has 1 aliphatic carbocycles. The van der Waals surface area contributed by atoms with Gasteiger partial charge in [0.05, 0.1) is 18.4 Å². The largest absolute Gasteiger partial charge is 0.477 e. The number of nitrogens with one attached hydrogen (secondary N) is 1. The van der Waals surface area contributed by atoms with Crippen LogP contribution in [0.1, 0.15) is 62.8 Å². The number of carbonyl (C=O) groups is 1. The number of aryl methyl sites for hydroxylation is 1. The lowest BCUT2D eigenvalue weighted by Crippen LogP contribution is -2.34. The number of hydrogen-bond donors (Lipinski definition) is 2. The Labute approximate surface area is 155 Å². The van der Waals surface area contributed by atoms with Crippen LogP contribution >= 0.6 is 0 Å². The topological polar surface area (TPSA) is 61.7 Å². The fourth-order valence-corrected chi connectivity index (χ4v) is 3.92. The highest BCUT2D eigenvalue weighted by Crippen LogP contribution is 2.47. The van der Waals surface area contributed by atoms with Gasteiger partial charge in [0.15, 0.2) is 0 Å². The number of fused-ring (bicyclic) bond motifs is 1. The van der Waals surface area contributed by atoms with Crippen LogP contribution in [-0.2, 0) is 15.6 Å². The van der Waals surface area contributed by atoms with Crippen LogP contribution in [0.2, 0.25) is 0 Å². The Morgan fingerprint density at radius 3 is 2.23 bits per heavy atom. The summed E-state index contributed by atoms with van der Waals surface area (Å²) in [6.07, 6.45) is 3.92. The SMILES string of the molecule is C=C(C1=CN=C(C(=O)O)CN1)c1cc2c(cc1C)C(C)(C)CCC2(C)C. The van der Waals surface area contributed by atoms with Crippen LogP contribution in [0.15, 0.2) is 35.6 Å². The Bertz CT molecular complexity index is 857. The van der Waals surface area contributed by atoms with Gasteiger partial charge in [-0.2, -0.15) is 0 Å². The molecule has 0 unspecified atom stereocenters. The van der Waals surface area contributed by atoms with Crippen LogP contribution < -0.4 is 5.32 Å². The van der Waals surface area contributed by atoms with E-state index < -0.39 is 5.97 Å². The molecule has 138 valence electrons. The molecule has 26 heavy (non-hydrogen) atoms. The molecule has 0 fully saturated rings. The zero-order valence-electron chi connectivity index (χ0n) is 16.4. The first kappa shape index (κ1) is 18.4. The number of nitrogens with zero attached hydrogens (tertiary/aromatic N) is 1. The first-order valence-corrected chi connectivity index (χ1v) is 9.12. The molecule has 0 bridgehead atoms. The van der Waals surface area contributed by atoms with Gasteiger partial charge in [-0.05, 0) is 64.5 Å². The highest BCUT2D eigenvalue weighted by molar-refractivity contribution is 6.37. The van der Waals surface area contributed by atoms with Crippen LogP contribution in [0.5, 0.6) is 0 Å². The minimum atomic E-state index is -0.993. The van der Waals surface area contributed by atoms with Crippen LogP contribution in [-0.4, -0.2) is 23.3 Å². The maximum atomic E-state index is 11.0. The molecule has 3 rings (SSSR count). The minimum Gasteiger partial charge on any atom is -0.477 e. The molecule has 1 aliphatic heterocycles. The third kappa shape index (κ3) is 3.09. The van der Waals surface area contributed by atoms with Gasteiger partial charge in [0.25, 0.3) is 0 Å². The minimum absolute atomic E-state index is 0.117. The van der Waals surface area contributed by atoms with Gasteiger partial charge >= 0.3 is 5.97 Å². The first-order chi connectivity index (χ1) is 12.0. The Balaban J connectivity index is 2.05. The number of carboxylic acids is 1. The molecular weight excluding hydrogens is 324 g/mol. The molecule has 0 saturated carbocycles. The summed E-state index contributed by atoms with van der Waals surface area (Å²) in [6, 6.07) is 4.60. The predicted octanol–water partition coefficient (Wildman–Crippen LogP) is 4.33. The fourth-order valence-electron chi connectivity index (χ4n) is 3.92. The number of carboxylic acid groups (broad SMARTS) is 1. The van der Waals surface area contributed by atoms with Gasteiger partial charge in [-0.15, -0.1) is 0 Å². The average Bonchev–Trinajstić information content (AvgIpc) is 2.58. The molecular formula is C22H28N2O2. The van der Waals surface area contributed by atoms with Crippen molar-refractivity contribution in [3.8, 4) is 0 Å². The third-order valence-corrected chi connectivity index (χ3v) is 5.89. The molecule has 1 heterocycles. The van der Waals surface area contributed by atoms with Crippen molar-refractivity contribution < 1.29 is 9.90 Å². The van der Waals surface area contributed by atoms with Gasteiger partial charge in [-0.3, -0.25) is 0 Å². The monoisotopic (exact) mass is 352 g/mol. The van der Waals surface area contributed by atoms with Crippen molar-refractivity contribution in [1.29, 1.82) is 0 Å². The maximum Gasteiger partial charge on any atom is 0.352 e. The zero-order chi connectivity index (χ0) is 19.3. The highest BCUT2D eigenvalue weighted by Gasteiger charge is 2.37. The summed E-state index contributed by atoms with van der Waals surface area (Å²) in [5.41, 5.74) is 7.18. The smallest absolute Gasteiger partial charge is 0.352 e. The molecule has 2 aliphatic rings. The van der Waals surface area contributed by atoms with E-state index in [4.69, 9.17) is 5.11 Å². The molecule has 4 nitrogen and oxygen atoms in total. The maximum absolute atomic E-state index is 11.0. The van der Waals surface area contributed by atoms with E-state index in [1.54, 1.807) is 6.20 Å². The van der Waals surface area contributed by atoms with E-state index in [0.29, 0.717) is 0 Å². The molecule has 1 aromatic carbocycles. The highest BCUT2D eigenvalue weighted by atomic mass is 16.4. The van der Waals surface area contributed by atoms with E-state index in [0.717, 1.165) is 23.3 Å². The second-order valence-corrected chi connectivity index (χ2v) is 8.74. The van der Waals surface area contributed by atoms with Gasteiger partial charge in [0.1, 0.15) is 5.71 Å². The van der Waals surface area contributed by atoms with E-state index in [1.165, 1.54) is 23.1 Å². The van der Waals surface area contributed by atoms with Crippen LogP contribution in [0.3, 0.4) is 0 Å². The summed E-state index contributed by atoms with van der Waals surface area (Å²) in [7, 11) is 0. The molecule has 0 radical (unpaired) electrons. The van der Waals surface area contributed by atoms with E-state index in [2.05, 4.69) is 63.6 Å². The molecule has 0 spiro atoms. The number of hydrogen-bond acceptors (Lipinski definition) is 3. The van der Waals surface area contributed by atoms with Crippen LogP contribution in [0, 0.1) is 6.92 Å². The standard InChI is InChI=1S/C22H28N2O2/c1-13-9-16-17(22(5,6)8-7-21(16,3)4)10-15(13)14(2)18-11-24-19(12-23-18)20(25)26/h9-11,23H,2,7-8,12H2,1,3-6H3,(H,25,26). The van der Waals surface area contributed by atoms with Gasteiger partial charge in [0.2, 0.25) is 0 Å². The number of benzene rings is 1. The molecule has 2 N–H and O–H groups in total.